The molecule has 1 fully saturated rings. The van der Waals surface area contributed by atoms with Gasteiger partial charge in [-0.1, -0.05) is 5.92 Å². The van der Waals surface area contributed by atoms with Crippen molar-refractivity contribution in [2.45, 2.75) is 18.9 Å². The van der Waals surface area contributed by atoms with Crippen LogP contribution in [0.3, 0.4) is 0 Å². The monoisotopic (exact) mass is 152 g/mol. The van der Waals surface area contributed by atoms with Gasteiger partial charge in [-0.05, 0) is 13.0 Å². The molecule has 11 heavy (non-hydrogen) atoms. The van der Waals surface area contributed by atoms with Crippen LogP contribution in [0, 0.1) is 12.3 Å². The zero-order valence-electron chi connectivity index (χ0n) is 6.39. The van der Waals surface area contributed by atoms with Gasteiger partial charge in [0, 0.05) is 12.6 Å². The Morgan fingerprint density at radius 1 is 1.82 bits per heavy atom. The molecule has 1 aliphatic heterocycles. The third-order valence-corrected chi connectivity index (χ3v) is 1.69. The van der Waals surface area contributed by atoms with Crippen molar-refractivity contribution in [1.82, 2.24) is 10.6 Å². The topological polar surface area (TPSA) is 41.1 Å². The van der Waals surface area contributed by atoms with Crippen LogP contribution in [0.1, 0.15) is 12.8 Å². The maximum Gasteiger partial charge on any atom is 0.232 e. The summed E-state index contributed by atoms with van der Waals surface area (Å²) in [5.41, 5.74) is 0. The fourth-order valence-electron chi connectivity index (χ4n) is 1.15. The predicted octanol–water partition coefficient (Wildman–Crippen LogP) is -0.512. The van der Waals surface area contributed by atoms with Crippen molar-refractivity contribution in [3.8, 4) is 12.3 Å². The van der Waals surface area contributed by atoms with Crippen molar-refractivity contribution in [3.05, 3.63) is 0 Å². The molecule has 3 heteroatoms. The molecule has 0 aromatic heterocycles. The van der Waals surface area contributed by atoms with Crippen molar-refractivity contribution >= 4 is 5.91 Å². The summed E-state index contributed by atoms with van der Waals surface area (Å²) in [5, 5.41) is 5.99. The summed E-state index contributed by atoms with van der Waals surface area (Å²) < 4.78 is 0. The fourth-order valence-corrected chi connectivity index (χ4v) is 1.15. The number of hydrogen-bond acceptors (Lipinski definition) is 2. The third-order valence-electron chi connectivity index (χ3n) is 1.69. The Morgan fingerprint density at radius 2 is 2.64 bits per heavy atom. The molecule has 0 aromatic carbocycles. The summed E-state index contributed by atoms with van der Waals surface area (Å²) in [7, 11) is 0. The van der Waals surface area contributed by atoms with Crippen LogP contribution in [0.5, 0.6) is 0 Å². The molecule has 0 spiro atoms. The summed E-state index contributed by atoms with van der Waals surface area (Å²) >= 11 is 0. The molecule has 2 N–H and O–H groups in total. The first kappa shape index (κ1) is 8.09. The zero-order chi connectivity index (χ0) is 8.10. The van der Waals surface area contributed by atoms with Crippen LogP contribution in [0.4, 0.5) is 0 Å². The maximum absolute atomic E-state index is 10.9. The summed E-state index contributed by atoms with van der Waals surface area (Å²) in [5.74, 6) is 2.27. The number of hydrogen-bond donors (Lipinski definition) is 2. The highest BCUT2D eigenvalue weighted by atomic mass is 16.1. The zero-order valence-corrected chi connectivity index (χ0v) is 6.39. The van der Waals surface area contributed by atoms with Gasteiger partial charge in [0.2, 0.25) is 5.91 Å². The summed E-state index contributed by atoms with van der Waals surface area (Å²) in [6, 6.07) is 0.288. The highest BCUT2D eigenvalue weighted by molar-refractivity contribution is 5.78. The average Bonchev–Trinajstić information content (AvgIpc) is 2.40. The van der Waals surface area contributed by atoms with Crippen LogP contribution < -0.4 is 10.6 Å². The number of rotatable bonds is 2. The van der Waals surface area contributed by atoms with Crippen LogP contribution in [0.15, 0.2) is 0 Å². The first-order valence-corrected chi connectivity index (χ1v) is 3.76. The van der Waals surface area contributed by atoms with Crippen LogP contribution in [-0.4, -0.2) is 25.0 Å². The van der Waals surface area contributed by atoms with Crippen molar-refractivity contribution in [1.29, 1.82) is 0 Å². The van der Waals surface area contributed by atoms with Gasteiger partial charge < -0.3 is 10.6 Å². The Labute approximate surface area is 66.5 Å². The molecule has 1 saturated heterocycles. The van der Waals surface area contributed by atoms with Crippen LogP contribution in [0.2, 0.25) is 0 Å². The normalized spacial score (nSPS) is 22.6. The minimum Gasteiger partial charge on any atom is -0.351 e. The molecular formula is C8H12N2O. The second-order valence-corrected chi connectivity index (χ2v) is 2.64. The minimum absolute atomic E-state index is 0.0406. The van der Waals surface area contributed by atoms with Crippen molar-refractivity contribution < 1.29 is 4.79 Å². The largest absolute Gasteiger partial charge is 0.351 e. The molecule has 0 aliphatic carbocycles. The number of carbonyl (C=O) groups is 1. The van der Waals surface area contributed by atoms with E-state index in [9.17, 15) is 4.79 Å². The molecule has 1 atom stereocenters. The molecule has 1 aliphatic rings. The number of amides is 1. The molecule has 1 unspecified atom stereocenters. The quantitative estimate of drug-likeness (QED) is 0.523. The Hall–Kier alpha value is -1.01. The molecule has 60 valence electrons. The van der Waals surface area contributed by atoms with Crippen LogP contribution in [-0.2, 0) is 4.79 Å². The van der Waals surface area contributed by atoms with Crippen molar-refractivity contribution in [2.75, 3.05) is 13.1 Å². The first-order valence-electron chi connectivity index (χ1n) is 3.76. The second kappa shape index (κ2) is 3.99. The Bertz CT molecular complexity index is 177. The SMILES string of the molecule is C#CCC(=O)NC1CCNC1. The number of terminal acetylenes is 1. The van der Waals surface area contributed by atoms with Gasteiger partial charge in [-0.25, -0.2) is 0 Å². The van der Waals surface area contributed by atoms with Gasteiger partial charge in [-0.3, -0.25) is 4.79 Å². The van der Waals surface area contributed by atoms with Gasteiger partial charge in [0.05, 0.1) is 6.42 Å². The van der Waals surface area contributed by atoms with E-state index < -0.39 is 0 Å². The average molecular weight is 152 g/mol. The lowest BCUT2D eigenvalue weighted by molar-refractivity contribution is -0.120. The van der Waals surface area contributed by atoms with Gasteiger partial charge in [-0.2, -0.15) is 0 Å². The third kappa shape index (κ3) is 2.60. The van der Waals surface area contributed by atoms with E-state index in [0.717, 1.165) is 19.5 Å². The van der Waals surface area contributed by atoms with Crippen molar-refractivity contribution in [3.63, 3.8) is 0 Å². The predicted molar refractivity (Wildman–Crippen MR) is 42.9 cm³/mol. The molecule has 0 aromatic rings. The van der Waals surface area contributed by atoms with E-state index in [1.54, 1.807) is 0 Å². The van der Waals surface area contributed by atoms with E-state index >= 15 is 0 Å². The van der Waals surface area contributed by atoms with E-state index in [1.807, 2.05) is 0 Å². The van der Waals surface area contributed by atoms with Crippen molar-refractivity contribution in [2.24, 2.45) is 0 Å². The van der Waals surface area contributed by atoms with Gasteiger partial charge in [0.25, 0.3) is 0 Å². The summed E-state index contributed by atoms with van der Waals surface area (Å²) in [4.78, 5) is 10.9. The highest BCUT2D eigenvalue weighted by Crippen LogP contribution is 1.96. The summed E-state index contributed by atoms with van der Waals surface area (Å²) in [6.45, 7) is 1.86. The van der Waals surface area contributed by atoms with E-state index in [0.29, 0.717) is 0 Å². The smallest absolute Gasteiger partial charge is 0.232 e. The Balaban J connectivity index is 2.19. The minimum atomic E-state index is -0.0406. The Morgan fingerprint density at radius 3 is 3.18 bits per heavy atom. The molecule has 1 amide bonds. The summed E-state index contributed by atoms with van der Waals surface area (Å²) in [6.07, 6.45) is 6.18. The van der Waals surface area contributed by atoms with Gasteiger partial charge >= 0.3 is 0 Å². The van der Waals surface area contributed by atoms with Crippen LogP contribution >= 0.6 is 0 Å². The standard InChI is InChI=1S/C8H12N2O/c1-2-3-8(11)10-7-4-5-9-6-7/h1,7,9H,3-6H2,(H,10,11). The number of carbonyl (C=O) groups excluding carboxylic acids is 1. The molecule has 3 nitrogen and oxygen atoms in total. The molecule has 1 heterocycles. The van der Waals surface area contributed by atoms with Gasteiger partial charge in [0.1, 0.15) is 0 Å². The highest BCUT2D eigenvalue weighted by Gasteiger charge is 2.15. The molecule has 0 saturated carbocycles. The number of nitrogens with one attached hydrogen (secondary N) is 2. The van der Waals surface area contributed by atoms with E-state index in [4.69, 9.17) is 6.42 Å². The maximum atomic E-state index is 10.9. The van der Waals surface area contributed by atoms with E-state index in [1.165, 1.54) is 0 Å². The molecule has 0 bridgehead atoms. The fraction of sp³-hybridized carbons (Fsp3) is 0.625. The molecule has 0 radical (unpaired) electrons. The molecular weight excluding hydrogens is 140 g/mol. The van der Waals surface area contributed by atoms with Gasteiger partial charge in [0.15, 0.2) is 0 Å². The first-order chi connectivity index (χ1) is 5.33. The lowest BCUT2D eigenvalue weighted by Crippen LogP contribution is -2.35. The lowest BCUT2D eigenvalue weighted by atomic mass is 10.2. The Kier molecular flexibility index (Phi) is 2.94. The van der Waals surface area contributed by atoms with E-state index in [-0.39, 0.29) is 18.4 Å². The van der Waals surface area contributed by atoms with E-state index in [2.05, 4.69) is 16.6 Å². The second-order valence-electron chi connectivity index (χ2n) is 2.64. The lowest BCUT2D eigenvalue weighted by Gasteiger charge is -2.08. The van der Waals surface area contributed by atoms with Gasteiger partial charge in [-0.15, -0.1) is 6.42 Å². The van der Waals surface area contributed by atoms with Crippen LogP contribution in [0.25, 0.3) is 0 Å². The molecule has 1 rings (SSSR count).